The molecule has 35 heavy (non-hydrogen) atoms. The first-order valence-electron chi connectivity index (χ1n) is 10.5. The summed E-state index contributed by atoms with van der Waals surface area (Å²) in [7, 11) is 0. The SMILES string of the molecule is O=C(NCCc1ccc(Cl)cc1)c1ccc(Cl)cc1N(c1nsnc1Cc1ccccc1)S(=O)O. The zero-order valence-corrected chi connectivity index (χ0v) is 21.4. The van der Waals surface area contributed by atoms with E-state index in [2.05, 4.69) is 14.1 Å². The van der Waals surface area contributed by atoms with E-state index in [0.717, 1.165) is 27.2 Å². The first-order chi connectivity index (χ1) is 16.9. The molecule has 0 saturated heterocycles. The minimum absolute atomic E-state index is 0.157. The molecule has 0 spiro atoms. The number of nitrogens with one attached hydrogen (secondary N) is 1. The van der Waals surface area contributed by atoms with Crippen molar-refractivity contribution in [3.05, 3.63) is 105 Å². The van der Waals surface area contributed by atoms with Crippen molar-refractivity contribution in [2.75, 3.05) is 10.8 Å². The molecule has 0 fully saturated rings. The summed E-state index contributed by atoms with van der Waals surface area (Å²) < 4.78 is 32.4. The second-order valence-corrected chi connectivity index (χ2v) is 9.74. The van der Waals surface area contributed by atoms with Crippen molar-refractivity contribution in [1.82, 2.24) is 14.1 Å². The largest absolute Gasteiger partial charge is 0.352 e. The van der Waals surface area contributed by atoms with Crippen LogP contribution in [0.5, 0.6) is 0 Å². The predicted molar refractivity (Wildman–Crippen MR) is 141 cm³/mol. The van der Waals surface area contributed by atoms with Gasteiger partial charge in [-0.05, 0) is 47.9 Å². The maximum atomic E-state index is 13.1. The van der Waals surface area contributed by atoms with Crippen LogP contribution in [0.1, 0.15) is 27.2 Å². The smallest absolute Gasteiger partial charge is 0.268 e. The Balaban J connectivity index is 1.60. The van der Waals surface area contributed by atoms with Gasteiger partial charge in [-0.1, -0.05) is 65.7 Å². The highest BCUT2D eigenvalue weighted by Gasteiger charge is 2.27. The molecule has 1 atom stereocenters. The van der Waals surface area contributed by atoms with E-state index in [4.69, 9.17) is 23.2 Å². The minimum atomic E-state index is -2.54. The summed E-state index contributed by atoms with van der Waals surface area (Å²) in [6, 6.07) is 21.5. The maximum Gasteiger partial charge on any atom is 0.268 e. The van der Waals surface area contributed by atoms with Gasteiger partial charge in [0.15, 0.2) is 5.82 Å². The molecule has 0 aliphatic rings. The molecular weight excluding hydrogens is 527 g/mol. The number of halogens is 2. The molecule has 0 radical (unpaired) electrons. The van der Waals surface area contributed by atoms with Crippen molar-refractivity contribution in [2.24, 2.45) is 0 Å². The van der Waals surface area contributed by atoms with Crippen LogP contribution in [0.3, 0.4) is 0 Å². The van der Waals surface area contributed by atoms with E-state index in [1.54, 1.807) is 18.2 Å². The van der Waals surface area contributed by atoms with Gasteiger partial charge in [0.2, 0.25) is 0 Å². The molecule has 2 N–H and O–H groups in total. The van der Waals surface area contributed by atoms with Gasteiger partial charge < -0.3 is 5.32 Å². The summed E-state index contributed by atoms with van der Waals surface area (Å²) in [5, 5.41) is 3.81. The number of aromatic nitrogens is 2. The Morgan fingerprint density at radius 3 is 2.40 bits per heavy atom. The molecule has 0 aliphatic heterocycles. The Labute approximate surface area is 219 Å². The average molecular weight is 547 g/mol. The van der Waals surface area contributed by atoms with Crippen molar-refractivity contribution in [3.63, 3.8) is 0 Å². The number of anilines is 2. The molecule has 11 heteroatoms. The van der Waals surface area contributed by atoms with Crippen LogP contribution in [0, 0.1) is 0 Å². The highest BCUT2D eigenvalue weighted by molar-refractivity contribution is 7.81. The van der Waals surface area contributed by atoms with Gasteiger partial charge in [-0.15, -0.1) is 0 Å². The second-order valence-electron chi connectivity index (χ2n) is 7.52. The van der Waals surface area contributed by atoms with Gasteiger partial charge in [-0.2, -0.15) is 8.75 Å². The number of benzene rings is 3. The number of carbonyl (C=O) groups is 1. The number of nitrogens with zero attached hydrogens (tertiary/aromatic N) is 3. The molecule has 4 rings (SSSR count). The molecule has 4 aromatic rings. The summed E-state index contributed by atoms with van der Waals surface area (Å²) in [4.78, 5) is 13.1. The van der Waals surface area contributed by atoms with Crippen molar-refractivity contribution >= 4 is 63.6 Å². The van der Waals surface area contributed by atoms with Crippen LogP contribution in [-0.4, -0.2) is 30.0 Å². The fourth-order valence-electron chi connectivity index (χ4n) is 3.46. The van der Waals surface area contributed by atoms with Gasteiger partial charge in [0.1, 0.15) is 5.69 Å². The third-order valence-electron chi connectivity index (χ3n) is 5.14. The first-order valence-corrected chi connectivity index (χ1v) is 13.1. The highest BCUT2D eigenvalue weighted by atomic mass is 35.5. The van der Waals surface area contributed by atoms with Gasteiger partial charge in [0, 0.05) is 23.0 Å². The highest BCUT2D eigenvalue weighted by Crippen LogP contribution is 2.34. The maximum absolute atomic E-state index is 13.1. The molecule has 1 unspecified atom stereocenters. The minimum Gasteiger partial charge on any atom is -0.352 e. The fourth-order valence-corrected chi connectivity index (χ4v) is 4.97. The topological polar surface area (TPSA) is 95.4 Å². The summed E-state index contributed by atoms with van der Waals surface area (Å²) in [5.41, 5.74) is 2.84. The summed E-state index contributed by atoms with van der Waals surface area (Å²) >= 11 is 10.5. The van der Waals surface area contributed by atoms with Crippen LogP contribution in [0.2, 0.25) is 10.0 Å². The van der Waals surface area contributed by atoms with Crippen LogP contribution in [-0.2, 0) is 24.1 Å². The lowest BCUT2D eigenvalue weighted by Gasteiger charge is -2.21. The van der Waals surface area contributed by atoms with Crippen LogP contribution < -0.4 is 9.62 Å². The quantitative estimate of drug-likeness (QED) is 0.263. The number of rotatable bonds is 9. The fraction of sp³-hybridized carbons (Fsp3) is 0.125. The standard InChI is InChI=1S/C24H20Cl2N4O3S2/c25-18-8-6-16(7-9-18)12-13-27-24(31)20-11-10-19(26)15-22(20)30(35(32)33)23-21(28-34-29-23)14-17-4-2-1-3-5-17/h1-11,15H,12-14H2,(H,27,31)(H,32,33). The van der Waals surface area contributed by atoms with Crippen LogP contribution in [0.25, 0.3) is 0 Å². The molecule has 7 nitrogen and oxygen atoms in total. The summed E-state index contributed by atoms with van der Waals surface area (Å²) in [6.45, 7) is 0.363. The Morgan fingerprint density at radius 1 is 0.971 bits per heavy atom. The van der Waals surface area contributed by atoms with E-state index in [1.807, 2.05) is 42.5 Å². The molecule has 1 aromatic heterocycles. The molecule has 3 aromatic carbocycles. The zero-order chi connectivity index (χ0) is 24.8. The van der Waals surface area contributed by atoms with E-state index >= 15 is 0 Å². The molecular formula is C24H20Cl2N4O3S2. The van der Waals surface area contributed by atoms with Crippen LogP contribution in [0.15, 0.2) is 72.8 Å². The van der Waals surface area contributed by atoms with Crippen molar-refractivity contribution < 1.29 is 13.6 Å². The van der Waals surface area contributed by atoms with Crippen LogP contribution >= 0.6 is 34.9 Å². The Bertz CT molecular complexity index is 1330. The van der Waals surface area contributed by atoms with E-state index in [1.165, 1.54) is 12.1 Å². The normalized spacial score (nSPS) is 11.7. The predicted octanol–water partition coefficient (Wildman–Crippen LogP) is 5.68. The van der Waals surface area contributed by atoms with Gasteiger partial charge in [-0.25, -0.2) is 8.51 Å². The second kappa shape index (κ2) is 11.7. The van der Waals surface area contributed by atoms with Gasteiger partial charge in [-0.3, -0.25) is 9.35 Å². The molecule has 0 bridgehead atoms. The van der Waals surface area contributed by atoms with Gasteiger partial charge >= 0.3 is 0 Å². The molecule has 180 valence electrons. The van der Waals surface area contributed by atoms with Crippen LogP contribution in [0.4, 0.5) is 11.5 Å². The van der Waals surface area contributed by atoms with E-state index in [0.29, 0.717) is 35.1 Å². The lowest BCUT2D eigenvalue weighted by atomic mass is 10.1. The monoisotopic (exact) mass is 546 g/mol. The number of amides is 1. The Morgan fingerprint density at radius 2 is 1.69 bits per heavy atom. The molecule has 0 aliphatic carbocycles. The van der Waals surface area contributed by atoms with Gasteiger partial charge in [0.25, 0.3) is 17.2 Å². The van der Waals surface area contributed by atoms with E-state index in [9.17, 15) is 13.6 Å². The number of hydrogen-bond acceptors (Lipinski definition) is 5. The molecule has 0 saturated carbocycles. The van der Waals surface area contributed by atoms with Gasteiger partial charge in [0.05, 0.1) is 23.0 Å². The Kier molecular flexibility index (Phi) is 8.48. The lowest BCUT2D eigenvalue weighted by molar-refractivity contribution is 0.0955. The molecule has 1 heterocycles. The zero-order valence-electron chi connectivity index (χ0n) is 18.2. The van der Waals surface area contributed by atoms with E-state index in [-0.39, 0.29) is 17.1 Å². The lowest BCUT2D eigenvalue weighted by Crippen LogP contribution is -2.29. The first kappa shape index (κ1) is 25.3. The van der Waals surface area contributed by atoms with Crippen molar-refractivity contribution in [1.29, 1.82) is 0 Å². The van der Waals surface area contributed by atoms with Crippen molar-refractivity contribution in [3.8, 4) is 0 Å². The number of carbonyl (C=O) groups excluding carboxylic acids is 1. The van der Waals surface area contributed by atoms with E-state index < -0.39 is 17.2 Å². The molecule has 1 amide bonds. The third kappa shape index (κ3) is 6.45. The third-order valence-corrected chi connectivity index (χ3v) is 6.86. The summed E-state index contributed by atoms with van der Waals surface area (Å²) in [6.07, 6.45) is 1.00. The number of hydrogen-bond donors (Lipinski definition) is 2. The average Bonchev–Trinajstić information content (AvgIpc) is 3.28. The summed E-state index contributed by atoms with van der Waals surface area (Å²) in [5.74, 6) is -0.217. The Hall–Kier alpha value is -2.82. The van der Waals surface area contributed by atoms with Crippen molar-refractivity contribution in [2.45, 2.75) is 12.8 Å².